The van der Waals surface area contributed by atoms with Crippen molar-refractivity contribution in [3.63, 3.8) is 0 Å². The number of nitrogens with zero attached hydrogens (tertiary/aromatic N) is 1. The van der Waals surface area contributed by atoms with E-state index >= 15 is 0 Å². The van der Waals surface area contributed by atoms with Gasteiger partial charge in [0.15, 0.2) is 6.23 Å². The van der Waals surface area contributed by atoms with Crippen LogP contribution in [-0.4, -0.2) is 44.7 Å². The Hall–Kier alpha value is -2.29. The number of hydrogen-bond donors (Lipinski definition) is 3. The number of aliphatic hydroxyl groups excluding tert-OH is 2. The van der Waals surface area contributed by atoms with E-state index in [0.29, 0.717) is 15.3 Å². The number of nitrogens with one attached hydrogen (secondary N) is 1. The Labute approximate surface area is 218 Å². The standard InChI is InChI=1S/C20H23N2O14P3/c23-16-8-9-22(20(26)21-16)19-18(25)17(24)15(34-19)10-33-38(29,30)36-39(31,32)35-37(27,28)11-13-6-3-5-12-4-1-2-7-14(12)13/h1-9,15,17-19,24-25H,10-11H2,(H,27,28)(H,29,30)(H,31,32)(H,21,23,26)/p-3/t15-,17+,18?,19-/m1/s1. The van der Waals surface area contributed by atoms with E-state index in [4.69, 9.17) is 4.74 Å². The lowest BCUT2D eigenvalue weighted by Crippen LogP contribution is -2.37. The summed E-state index contributed by atoms with van der Waals surface area (Å²) in [5.74, 6) is 0. The van der Waals surface area contributed by atoms with E-state index < -0.39 is 71.8 Å². The maximum atomic E-state index is 12.4. The Balaban J connectivity index is 1.38. The van der Waals surface area contributed by atoms with Crippen LogP contribution in [0.1, 0.15) is 11.8 Å². The van der Waals surface area contributed by atoms with E-state index in [0.717, 1.165) is 12.3 Å². The molecule has 3 N–H and O–H groups in total. The topological polar surface area (TPSA) is 253 Å². The average Bonchev–Trinajstić information content (AvgIpc) is 3.10. The molecule has 1 fully saturated rings. The predicted molar refractivity (Wildman–Crippen MR) is 126 cm³/mol. The molecule has 0 spiro atoms. The van der Waals surface area contributed by atoms with Crippen LogP contribution in [0.25, 0.3) is 10.8 Å². The number of aromatic amines is 1. The van der Waals surface area contributed by atoms with Gasteiger partial charge in [-0.1, -0.05) is 42.5 Å². The average molecular weight is 605 g/mol. The molecule has 16 nitrogen and oxygen atoms in total. The van der Waals surface area contributed by atoms with E-state index in [1.165, 1.54) is 6.07 Å². The van der Waals surface area contributed by atoms with Gasteiger partial charge in [-0.2, -0.15) is 0 Å². The Morgan fingerprint density at radius 2 is 1.62 bits per heavy atom. The number of rotatable bonds is 10. The number of benzene rings is 2. The monoisotopic (exact) mass is 605 g/mol. The van der Waals surface area contributed by atoms with Gasteiger partial charge in [-0.15, -0.1) is 0 Å². The van der Waals surface area contributed by atoms with Crippen molar-refractivity contribution in [3.8, 4) is 0 Å². The summed E-state index contributed by atoms with van der Waals surface area (Å²) in [7, 11) is -17.1. The number of hydrogen-bond acceptors (Lipinski definition) is 14. The van der Waals surface area contributed by atoms with E-state index in [9.17, 15) is 48.2 Å². The molecule has 2 aromatic carbocycles. The van der Waals surface area contributed by atoms with Crippen molar-refractivity contribution < 1.29 is 56.5 Å². The number of fused-ring (bicyclic) bond motifs is 1. The molecule has 7 atom stereocenters. The summed E-state index contributed by atoms with van der Waals surface area (Å²) >= 11 is 0. The lowest BCUT2D eigenvalue weighted by molar-refractivity contribution is -0.246. The molecule has 1 saturated heterocycles. The summed E-state index contributed by atoms with van der Waals surface area (Å²) in [6, 6.07) is 12.2. The molecular weight excluding hydrogens is 585 g/mol. The minimum Gasteiger partial charge on any atom is -0.778 e. The van der Waals surface area contributed by atoms with Crippen LogP contribution in [0.2, 0.25) is 0 Å². The molecule has 2 heterocycles. The first-order valence-corrected chi connectivity index (χ1v) is 15.6. The fourth-order valence-electron chi connectivity index (χ4n) is 3.87. The van der Waals surface area contributed by atoms with Gasteiger partial charge in [0.1, 0.15) is 25.9 Å². The lowest BCUT2D eigenvalue weighted by Gasteiger charge is -2.35. The van der Waals surface area contributed by atoms with Crippen LogP contribution >= 0.6 is 23.2 Å². The highest BCUT2D eigenvalue weighted by Gasteiger charge is 2.44. The van der Waals surface area contributed by atoms with Gasteiger partial charge in [-0.3, -0.25) is 27.8 Å². The van der Waals surface area contributed by atoms with Gasteiger partial charge in [-0.25, -0.2) is 9.11 Å². The van der Waals surface area contributed by atoms with Gasteiger partial charge in [-0.05, 0) is 16.3 Å². The van der Waals surface area contributed by atoms with Crippen LogP contribution in [0.3, 0.4) is 0 Å². The zero-order valence-corrected chi connectivity index (χ0v) is 22.2. The maximum Gasteiger partial charge on any atom is 0.330 e. The van der Waals surface area contributed by atoms with Crippen LogP contribution in [0.4, 0.5) is 0 Å². The number of phosphoric acid groups is 2. The molecule has 212 valence electrons. The van der Waals surface area contributed by atoms with Crippen molar-refractivity contribution in [2.45, 2.75) is 30.7 Å². The highest BCUT2D eigenvalue weighted by atomic mass is 31.3. The Bertz CT molecular complexity index is 1620. The second-order valence-electron chi connectivity index (χ2n) is 8.32. The van der Waals surface area contributed by atoms with Gasteiger partial charge in [0.2, 0.25) is 0 Å². The summed E-state index contributed by atoms with van der Waals surface area (Å²) < 4.78 is 54.8. The fraction of sp³-hybridized carbons (Fsp3) is 0.300. The molecule has 0 amide bonds. The quantitative estimate of drug-likeness (QED) is 0.236. The van der Waals surface area contributed by atoms with E-state index in [2.05, 4.69) is 13.1 Å². The largest absolute Gasteiger partial charge is 0.778 e. The van der Waals surface area contributed by atoms with E-state index in [1.807, 2.05) is 4.98 Å². The van der Waals surface area contributed by atoms with Crippen LogP contribution in [0.15, 0.2) is 64.3 Å². The number of aliphatic hydroxyl groups is 2. The normalized spacial score (nSPS) is 26.1. The zero-order valence-electron chi connectivity index (χ0n) is 19.5. The summed E-state index contributed by atoms with van der Waals surface area (Å²) in [6.45, 7) is -1.11. The highest BCUT2D eigenvalue weighted by Crippen LogP contribution is 2.63. The highest BCUT2D eigenvalue weighted by molar-refractivity contribution is 7.66. The molecule has 0 bridgehead atoms. The molecule has 1 aliphatic rings. The molecule has 19 heteroatoms. The van der Waals surface area contributed by atoms with Crippen LogP contribution in [0, 0.1) is 0 Å². The Morgan fingerprint density at radius 3 is 2.33 bits per heavy atom. The van der Waals surface area contributed by atoms with Crippen molar-refractivity contribution in [2.75, 3.05) is 6.61 Å². The fourth-order valence-corrected chi connectivity index (χ4v) is 7.90. The molecule has 0 aliphatic carbocycles. The summed E-state index contributed by atoms with van der Waals surface area (Å²) in [6.07, 6.45) is -6.76. The van der Waals surface area contributed by atoms with Crippen molar-refractivity contribution in [1.82, 2.24) is 9.55 Å². The summed E-state index contributed by atoms with van der Waals surface area (Å²) in [5.41, 5.74) is -1.57. The summed E-state index contributed by atoms with van der Waals surface area (Å²) in [5, 5.41) is 21.5. The molecule has 4 unspecified atom stereocenters. The second kappa shape index (κ2) is 11.3. The van der Waals surface area contributed by atoms with Gasteiger partial charge in [0.25, 0.3) is 21.2 Å². The third-order valence-electron chi connectivity index (χ3n) is 5.53. The number of H-pyrrole nitrogens is 1. The molecular formula is C20H20N2O14P3-3. The van der Waals surface area contributed by atoms with Crippen molar-refractivity contribution in [3.05, 3.63) is 81.1 Å². The number of aromatic nitrogens is 2. The van der Waals surface area contributed by atoms with Gasteiger partial charge in [0.05, 0.1) is 6.61 Å². The van der Waals surface area contributed by atoms with Crippen molar-refractivity contribution in [2.24, 2.45) is 0 Å². The van der Waals surface area contributed by atoms with Crippen LogP contribution in [-0.2, 0) is 37.7 Å². The van der Waals surface area contributed by atoms with Crippen LogP contribution < -0.4 is 25.9 Å². The molecule has 1 aliphatic heterocycles. The van der Waals surface area contributed by atoms with Crippen molar-refractivity contribution >= 4 is 34.0 Å². The van der Waals surface area contributed by atoms with E-state index in [1.54, 1.807) is 36.4 Å². The number of ether oxygens (including phenoxy) is 1. The van der Waals surface area contributed by atoms with Gasteiger partial charge in [0, 0.05) is 18.4 Å². The lowest BCUT2D eigenvalue weighted by atomic mass is 10.1. The second-order valence-corrected chi connectivity index (χ2v) is 13.2. The SMILES string of the molecule is O=c1ccn([C@@H]2O[C@H](COP(=O)([O-])OP(=O)([O-])OP(=O)([O-])Cc3cccc4ccccc34)[C@H](O)C2O)c(=O)[nH]1. The molecule has 4 rings (SSSR count). The third-order valence-corrected chi connectivity index (χ3v) is 10.1. The predicted octanol–water partition coefficient (Wildman–Crippen LogP) is -0.951. The van der Waals surface area contributed by atoms with Gasteiger partial charge < -0.3 is 38.7 Å². The van der Waals surface area contributed by atoms with Crippen LogP contribution in [0.5, 0.6) is 0 Å². The number of phosphoric ester groups is 1. The minimum atomic E-state index is -6.05. The maximum absolute atomic E-state index is 12.4. The Kier molecular flexibility index (Phi) is 8.60. The zero-order chi connectivity index (χ0) is 28.6. The minimum absolute atomic E-state index is 0.190. The van der Waals surface area contributed by atoms with E-state index in [-0.39, 0.29) is 5.56 Å². The van der Waals surface area contributed by atoms with Crippen molar-refractivity contribution in [1.29, 1.82) is 0 Å². The first-order chi connectivity index (χ1) is 18.2. The smallest absolute Gasteiger partial charge is 0.330 e. The summed E-state index contributed by atoms with van der Waals surface area (Å²) in [4.78, 5) is 61.6. The molecule has 39 heavy (non-hydrogen) atoms. The molecule has 0 saturated carbocycles. The molecule has 0 radical (unpaired) electrons. The molecule has 1 aromatic heterocycles. The third kappa shape index (κ3) is 7.27. The molecule has 3 aromatic rings. The Morgan fingerprint density at radius 1 is 0.923 bits per heavy atom. The first kappa shape index (κ1) is 29.7. The van der Waals surface area contributed by atoms with Gasteiger partial charge >= 0.3 is 5.69 Å². The first-order valence-electron chi connectivity index (χ1n) is 11.0.